The third kappa shape index (κ3) is 5.28. The standard InChI is InChI=1S/C15H23N2O2.HI/c1-17(2,13-14-7-4-3-5-8-14)11-6-9-16-10-12-19-15(16)18;/h3-5,7-8H,6,9-13H2,1-2H3;1H/q+1;/p-1. The van der Waals surface area contributed by atoms with Gasteiger partial charge in [0.1, 0.15) is 13.2 Å². The number of hydrogen-bond donors (Lipinski definition) is 0. The number of amides is 1. The number of cyclic esters (lactones) is 1. The van der Waals surface area contributed by atoms with E-state index in [-0.39, 0.29) is 30.1 Å². The predicted octanol–water partition coefficient (Wildman–Crippen LogP) is -0.891. The van der Waals surface area contributed by atoms with Gasteiger partial charge in [-0.15, -0.1) is 0 Å². The Labute approximate surface area is 138 Å². The molecule has 0 spiro atoms. The summed E-state index contributed by atoms with van der Waals surface area (Å²) < 4.78 is 5.86. The molecular weight excluding hydrogens is 367 g/mol. The molecule has 1 aliphatic rings. The number of rotatable bonds is 6. The monoisotopic (exact) mass is 390 g/mol. The quantitative estimate of drug-likeness (QED) is 0.466. The van der Waals surface area contributed by atoms with Crippen molar-refractivity contribution in [1.29, 1.82) is 0 Å². The van der Waals surface area contributed by atoms with Gasteiger partial charge in [0, 0.05) is 18.5 Å². The molecule has 5 heteroatoms. The van der Waals surface area contributed by atoms with Crippen LogP contribution >= 0.6 is 0 Å². The van der Waals surface area contributed by atoms with Crippen molar-refractivity contribution in [3.8, 4) is 0 Å². The first-order chi connectivity index (χ1) is 9.07. The second-order valence-electron chi connectivity index (χ2n) is 5.76. The molecular formula is C15H23IN2O2. The Bertz CT molecular complexity index is 423. The summed E-state index contributed by atoms with van der Waals surface area (Å²) in [5, 5.41) is 0. The zero-order valence-corrected chi connectivity index (χ0v) is 14.4. The fourth-order valence-corrected chi connectivity index (χ4v) is 2.48. The summed E-state index contributed by atoms with van der Waals surface area (Å²) >= 11 is 0. The molecule has 1 heterocycles. The Balaban J connectivity index is 0.00000200. The van der Waals surface area contributed by atoms with Crippen molar-refractivity contribution in [3.05, 3.63) is 35.9 Å². The van der Waals surface area contributed by atoms with E-state index < -0.39 is 0 Å². The highest BCUT2D eigenvalue weighted by Crippen LogP contribution is 2.11. The van der Waals surface area contributed by atoms with Gasteiger partial charge in [0.05, 0.1) is 27.2 Å². The van der Waals surface area contributed by atoms with Gasteiger partial charge in [-0.3, -0.25) is 0 Å². The van der Waals surface area contributed by atoms with Crippen molar-refractivity contribution in [3.63, 3.8) is 0 Å². The van der Waals surface area contributed by atoms with Crippen molar-refractivity contribution in [2.24, 2.45) is 0 Å². The molecule has 112 valence electrons. The van der Waals surface area contributed by atoms with E-state index in [1.807, 2.05) is 6.07 Å². The first-order valence-electron chi connectivity index (χ1n) is 6.84. The summed E-state index contributed by atoms with van der Waals surface area (Å²) in [4.78, 5) is 13.1. The Hall–Kier alpha value is -0.820. The molecule has 1 aliphatic heterocycles. The summed E-state index contributed by atoms with van der Waals surface area (Å²) in [6.45, 7) is 4.16. The number of carbonyl (C=O) groups is 1. The zero-order valence-electron chi connectivity index (χ0n) is 12.2. The number of nitrogens with zero attached hydrogens (tertiary/aromatic N) is 2. The first-order valence-corrected chi connectivity index (χ1v) is 6.84. The van der Waals surface area contributed by atoms with Crippen LogP contribution < -0.4 is 24.0 Å². The minimum absolute atomic E-state index is 0. The fraction of sp³-hybridized carbons (Fsp3) is 0.533. The van der Waals surface area contributed by atoms with Crippen LogP contribution in [0.4, 0.5) is 4.79 Å². The van der Waals surface area contributed by atoms with Crippen LogP contribution in [0.1, 0.15) is 12.0 Å². The third-order valence-electron chi connectivity index (χ3n) is 3.49. The van der Waals surface area contributed by atoms with Gasteiger partial charge in [-0.1, -0.05) is 30.3 Å². The van der Waals surface area contributed by atoms with Crippen molar-refractivity contribution in [2.45, 2.75) is 13.0 Å². The van der Waals surface area contributed by atoms with E-state index in [9.17, 15) is 4.79 Å². The van der Waals surface area contributed by atoms with Crippen molar-refractivity contribution in [1.82, 2.24) is 4.90 Å². The molecule has 2 rings (SSSR count). The summed E-state index contributed by atoms with van der Waals surface area (Å²) in [5.74, 6) is 0. The summed E-state index contributed by atoms with van der Waals surface area (Å²) in [6.07, 6.45) is 0.850. The third-order valence-corrected chi connectivity index (χ3v) is 3.49. The number of carbonyl (C=O) groups excluding carboxylic acids is 1. The molecule has 0 radical (unpaired) electrons. The van der Waals surface area contributed by atoms with Crippen LogP contribution in [0.5, 0.6) is 0 Å². The number of ether oxygens (including phenoxy) is 1. The number of halogens is 1. The molecule has 0 saturated carbocycles. The highest BCUT2D eigenvalue weighted by molar-refractivity contribution is 5.69. The molecule has 1 saturated heterocycles. The minimum Gasteiger partial charge on any atom is -1.00 e. The van der Waals surface area contributed by atoms with E-state index in [0.29, 0.717) is 6.61 Å². The van der Waals surface area contributed by atoms with Gasteiger partial charge in [0.15, 0.2) is 0 Å². The molecule has 0 aliphatic carbocycles. The van der Waals surface area contributed by atoms with Crippen LogP contribution in [0.25, 0.3) is 0 Å². The van der Waals surface area contributed by atoms with Crippen LogP contribution in [0.2, 0.25) is 0 Å². The van der Waals surface area contributed by atoms with E-state index >= 15 is 0 Å². The average Bonchev–Trinajstić information content (AvgIpc) is 2.76. The van der Waals surface area contributed by atoms with Crippen molar-refractivity contribution >= 4 is 6.09 Å². The van der Waals surface area contributed by atoms with E-state index in [1.54, 1.807) is 4.90 Å². The lowest BCUT2D eigenvalue weighted by atomic mass is 10.2. The summed E-state index contributed by atoms with van der Waals surface area (Å²) in [6, 6.07) is 10.5. The molecule has 0 unspecified atom stereocenters. The number of benzene rings is 1. The van der Waals surface area contributed by atoms with Gasteiger partial charge in [-0.05, 0) is 0 Å². The second kappa shape index (κ2) is 7.83. The molecule has 0 bridgehead atoms. The summed E-state index contributed by atoms with van der Waals surface area (Å²) in [5.41, 5.74) is 1.35. The minimum atomic E-state index is -0.159. The van der Waals surface area contributed by atoms with E-state index in [2.05, 4.69) is 38.4 Å². The van der Waals surface area contributed by atoms with Gasteiger partial charge in [0.25, 0.3) is 0 Å². The van der Waals surface area contributed by atoms with Crippen molar-refractivity contribution < 1.29 is 38.0 Å². The van der Waals surface area contributed by atoms with Gasteiger partial charge >= 0.3 is 6.09 Å². The van der Waals surface area contributed by atoms with E-state index in [4.69, 9.17) is 4.74 Å². The summed E-state index contributed by atoms with van der Waals surface area (Å²) in [7, 11) is 4.46. The average molecular weight is 390 g/mol. The Morgan fingerprint density at radius 2 is 1.95 bits per heavy atom. The lowest BCUT2D eigenvalue weighted by Crippen LogP contribution is -3.00. The Morgan fingerprint density at radius 1 is 1.25 bits per heavy atom. The molecule has 1 amide bonds. The number of hydrogen-bond acceptors (Lipinski definition) is 2. The van der Waals surface area contributed by atoms with Gasteiger partial charge < -0.3 is 38.1 Å². The maximum absolute atomic E-state index is 11.3. The second-order valence-corrected chi connectivity index (χ2v) is 5.76. The molecule has 1 aromatic carbocycles. The topological polar surface area (TPSA) is 29.5 Å². The van der Waals surface area contributed by atoms with E-state index in [1.165, 1.54) is 5.56 Å². The molecule has 1 fully saturated rings. The van der Waals surface area contributed by atoms with Gasteiger partial charge in [-0.2, -0.15) is 0 Å². The Morgan fingerprint density at radius 3 is 2.55 bits per heavy atom. The zero-order chi connectivity index (χ0) is 13.7. The molecule has 0 N–H and O–H groups in total. The van der Waals surface area contributed by atoms with Crippen LogP contribution in [0.15, 0.2) is 30.3 Å². The lowest BCUT2D eigenvalue weighted by molar-refractivity contribution is -0.903. The first kappa shape index (κ1) is 17.2. The highest BCUT2D eigenvalue weighted by Gasteiger charge is 2.23. The molecule has 0 atom stereocenters. The Kier molecular flexibility index (Phi) is 6.75. The van der Waals surface area contributed by atoms with Crippen molar-refractivity contribution in [2.75, 3.05) is 40.3 Å². The molecule has 1 aromatic rings. The molecule has 20 heavy (non-hydrogen) atoms. The van der Waals surface area contributed by atoms with Crippen LogP contribution in [-0.2, 0) is 11.3 Å². The normalized spacial score (nSPS) is 14.9. The SMILES string of the molecule is C[N+](C)(CCCN1CCOC1=O)Cc1ccccc1.[I-]. The predicted molar refractivity (Wildman–Crippen MR) is 74.7 cm³/mol. The van der Waals surface area contributed by atoms with Gasteiger partial charge in [0.2, 0.25) is 0 Å². The lowest BCUT2D eigenvalue weighted by Gasteiger charge is -2.30. The maximum atomic E-state index is 11.3. The largest absolute Gasteiger partial charge is 1.00 e. The van der Waals surface area contributed by atoms with Crippen LogP contribution in [0, 0.1) is 0 Å². The van der Waals surface area contributed by atoms with Crippen LogP contribution in [-0.4, -0.2) is 55.8 Å². The molecule has 4 nitrogen and oxygen atoms in total. The highest BCUT2D eigenvalue weighted by atomic mass is 127. The smallest absolute Gasteiger partial charge is 0.409 e. The fourth-order valence-electron chi connectivity index (χ4n) is 2.48. The van der Waals surface area contributed by atoms with E-state index in [0.717, 1.165) is 37.1 Å². The van der Waals surface area contributed by atoms with Crippen LogP contribution in [0.3, 0.4) is 0 Å². The maximum Gasteiger partial charge on any atom is 0.409 e. The molecule has 0 aromatic heterocycles. The van der Waals surface area contributed by atoms with Gasteiger partial charge in [-0.25, -0.2) is 4.79 Å². The number of quaternary nitrogens is 1.